The van der Waals surface area contributed by atoms with Crippen molar-refractivity contribution in [1.29, 1.82) is 0 Å². The lowest BCUT2D eigenvalue weighted by Gasteiger charge is -2.21. The Morgan fingerprint density at radius 2 is 2.12 bits per heavy atom. The maximum Gasteiger partial charge on any atom is 0.407 e. The Hall–Kier alpha value is -0.810. The number of nitrogens with one attached hydrogen (secondary N) is 1. The zero-order valence-electron chi connectivity index (χ0n) is 10.3. The summed E-state index contributed by atoms with van der Waals surface area (Å²) in [4.78, 5) is 16.1. The molecule has 0 unspecified atom stereocenters. The topological polar surface area (TPSA) is 73.6 Å². The zero-order valence-corrected chi connectivity index (χ0v) is 10.3. The number of ether oxygens (including phenoxy) is 1. The van der Waals surface area contributed by atoms with Gasteiger partial charge >= 0.3 is 6.09 Å². The molecule has 2 atom stereocenters. The van der Waals surface area contributed by atoms with E-state index in [9.17, 15) is 4.79 Å². The maximum atomic E-state index is 11.5. The average molecular weight is 230 g/mol. The zero-order chi connectivity index (χ0) is 12.2. The molecule has 16 heavy (non-hydrogen) atoms. The molecule has 0 aromatic heterocycles. The van der Waals surface area contributed by atoms with Gasteiger partial charge in [-0.1, -0.05) is 0 Å². The number of carbonyl (C=O) groups is 1. The van der Waals surface area contributed by atoms with Crippen molar-refractivity contribution in [2.75, 3.05) is 6.61 Å². The monoisotopic (exact) mass is 230 g/mol. The van der Waals surface area contributed by atoms with E-state index in [-0.39, 0.29) is 12.1 Å². The van der Waals surface area contributed by atoms with Crippen molar-refractivity contribution in [3.05, 3.63) is 0 Å². The summed E-state index contributed by atoms with van der Waals surface area (Å²) in [6.45, 7) is 6.12. The summed E-state index contributed by atoms with van der Waals surface area (Å²) in [7, 11) is 0. The first-order valence-corrected chi connectivity index (χ1v) is 5.72. The van der Waals surface area contributed by atoms with E-state index >= 15 is 0 Å². The molecule has 0 aliphatic heterocycles. The number of alkyl carbamates (subject to hydrolysis) is 1. The third kappa shape index (κ3) is 4.81. The molecule has 0 aromatic rings. The predicted molar refractivity (Wildman–Crippen MR) is 60.6 cm³/mol. The van der Waals surface area contributed by atoms with Gasteiger partial charge in [0.2, 0.25) is 0 Å². The lowest BCUT2D eigenvalue weighted by atomic mass is 10.1. The summed E-state index contributed by atoms with van der Waals surface area (Å²) >= 11 is 0. The smallest absolute Gasteiger partial charge is 0.407 e. The third-order valence-corrected chi connectivity index (χ3v) is 2.59. The molecule has 5 nitrogen and oxygen atoms in total. The van der Waals surface area contributed by atoms with Crippen molar-refractivity contribution in [2.45, 2.75) is 51.7 Å². The Bertz CT molecular complexity index is 238. The van der Waals surface area contributed by atoms with Crippen LogP contribution in [0.4, 0.5) is 4.79 Å². The number of amides is 1. The lowest BCUT2D eigenvalue weighted by Crippen LogP contribution is -2.38. The first-order valence-electron chi connectivity index (χ1n) is 5.72. The summed E-state index contributed by atoms with van der Waals surface area (Å²) in [5.74, 6) is 5.48. The minimum absolute atomic E-state index is 0.190. The highest BCUT2D eigenvalue weighted by Crippen LogP contribution is 2.25. The van der Waals surface area contributed by atoms with Gasteiger partial charge in [0.15, 0.2) is 0 Å². The Kier molecular flexibility index (Phi) is 4.56. The van der Waals surface area contributed by atoms with Crippen LogP contribution in [-0.4, -0.2) is 24.3 Å². The molecule has 0 radical (unpaired) electrons. The van der Waals surface area contributed by atoms with Crippen molar-refractivity contribution >= 4 is 6.09 Å². The summed E-state index contributed by atoms with van der Waals surface area (Å²) in [6, 6.07) is 0.190. The molecule has 0 heterocycles. The van der Waals surface area contributed by atoms with Gasteiger partial charge in [-0.2, -0.15) is 0 Å². The van der Waals surface area contributed by atoms with Crippen molar-refractivity contribution in [1.82, 2.24) is 5.32 Å². The van der Waals surface area contributed by atoms with Crippen LogP contribution in [0.15, 0.2) is 0 Å². The molecule has 0 bridgehead atoms. The van der Waals surface area contributed by atoms with Crippen LogP contribution in [0.5, 0.6) is 0 Å². The second kappa shape index (κ2) is 5.50. The largest absolute Gasteiger partial charge is 0.444 e. The molecule has 0 spiro atoms. The quantitative estimate of drug-likeness (QED) is 0.722. The van der Waals surface area contributed by atoms with Gasteiger partial charge in [-0.3, -0.25) is 0 Å². The van der Waals surface area contributed by atoms with Gasteiger partial charge in [0.1, 0.15) is 5.60 Å². The molecule has 1 aliphatic carbocycles. The second-order valence-electron chi connectivity index (χ2n) is 5.36. The minimum Gasteiger partial charge on any atom is -0.444 e. The molecular formula is C11H22N2O3. The van der Waals surface area contributed by atoms with Gasteiger partial charge in [-0.05, 0) is 46.0 Å². The minimum atomic E-state index is -0.442. The molecule has 1 amide bonds. The number of carbonyl (C=O) groups excluding carboxylic acids is 1. The molecule has 1 rings (SSSR count). The van der Waals surface area contributed by atoms with Gasteiger partial charge < -0.3 is 14.9 Å². The number of hydrogen-bond donors (Lipinski definition) is 2. The van der Waals surface area contributed by atoms with Crippen LogP contribution in [-0.2, 0) is 9.57 Å². The van der Waals surface area contributed by atoms with Crippen molar-refractivity contribution in [3.63, 3.8) is 0 Å². The van der Waals surface area contributed by atoms with Gasteiger partial charge in [-0.25, -0.2) is 10.7 Å². The standard InChI is InChI=1S/C11H22N2O3/c1-11(2,3)16-10(14)13-9-5-4-8(6-9)7-15-12/h8-9H,4-7,12H2,1-3H3,(H,13,14)/t8-,9+/m1/s1. The molecule has 94 valence electrons. The van der Waals surface area contributed by atoms with Crippen molar-refractivity contribution in [3.8, 4) is 0 Å². The highest BCUT2D eigenvalue weighted by atomic mass is 16.6. The van der Waals surface area contributed by atoms with E-state index in [0.29, 0.717) is 12.5 Å². The van der Waals surface area contributed by atoms with E-state index in [4.69, 9.17) is 10.6 Å². The fourth-order valence-corrected chi connectivity index (χ4v) is 1.97. The molecule has 1 saturated carbocycles. The molecule has 5 heteroatoms. The third-order valence-electron chi connectivity index (χ3n) is 2.59. The Morgan fingerprint density at radius 3 is 2.69 bits per heavy atom. The van der Waals surface area contributed by atoms with Crippen molar-refractivity contribution in [2.24, 2.45) is 11.8 Å². The van der Waals surface area contributed by atoms with Crippen molar-refractivity contribution < 1.29 is 14.4 Å². The average Bonchev–Trinajstić information content (AvgIpc) is 2.49. The first-order chi connectivity index (χ1) is 7.40. The lowest BCUT2D eigenvalue weighted by molar-refractivity contribution is 0.0501. The fourth-order valence-electron chi connectivity index (χ4n) is 1.97. The molecule has 1 aliphatic rings. The number of nitrogens with two attached hydrogens (primary N) is 1. The Labute approximate surface area is 96.6 Å². The van der Waals surface area contributed by atoms with E-state index in [2.05, 4.69) is 10.2 Å². The van der Waals surface area contributed by atoms with Gasteiger partial charge in [0.25, 0.3) is 0 Å². The van der Waals surface area contributed by atoms with Gasteiger partial charge in [0, 0.05) is 6.04 Å². The predicted octanol–water partition coefficient (Wildman–Crippen LogP) is 1.57. The maximum absolute atomic E-state index is 11.5. The Morgan fingerprint density at radius 1 is 1.44 bits per heavy atom. The first kappa shape index (κ1) is 13.3. The van der Waals surface area contributed by atoms with Crippen LogP contribution in [0.25, 0.3) is 0 Å². The summed E-state index contributed by atoms with van der Waals surface area (Å²) < 4.78 is 5.19. The summed E-state index contributed by atoms with van der Waals surface area (Å²) in [6.07, 6.45) is 2.58. The van der Waals surface area contributed by atoms with E-state index in [1.807, 2.05) is 20.8 Å². The van der Waals surface area contributed by atoms with Gasteiger partial charge in [-0.15, -0.1) is 0 Å². The van der Waals surface area contributed by atoms with E-state index in [0.717, 1.165) is 19.3 Å². The Balaban J connectivity index is 2.26. The van der Waals surface area contributed by atoms with Crippen LogP contribution in [0.3, 0.4) is 0 Å². The normalized spacial score (nSPS) is 25.5. The molecule has 0 aromatic carbocycles. The summed E-state index contributed by atoms with van der Waals surface area (Å²) in [5, 5.41) is 2.87. The molecule has 3 N–H and O–H groups in total. The van der Waals surface area contributed by atoms with E-state index < -0.39 is 5.60 Å². The van der Waals surface area contributed by atoms with E-state index in [1.165, 1.54) is 0 Å². The van der Waals surface area contributed by atoms with Crippen LogP contribution in [0, 0.1) is 5.92 Å². The van der Waals surface area contributed by atoms with Crippen LogP contribution >= 0.6 is 0 Å². The molecule has 1 fully saturated rings. The summed E-state index contributed by atoms with van der Waals surface area (Å²) in [5.41, 5.74) is -0.442. The molecule has 0 saturated heterocycles. The SMILES string of the molecule is CC(C)(C)OC(=O)N[C@H]1CC[C@@H](CON)C1. The number of hydrogen-bond acceptors (Lipinski definition) is 4. The van der Waals surface area contributed by atoms with Crippen LogP contribution in [0.2, 0.25) is 0 Å². The second-order valence-corrected chi connectivity index (χ2v) is 5.36. The molecular weight excluding hydrogens is 208 g/mol. The van der Waals surface area contributed by atoms with Crippen LogP contribution in [0.1, 0.15) is 40.0 Å². The van der Waals surface area contributed by atoms with Crippen LogP contribution < -0.4 is 11.2 Å². The highest BCUT2D eigenvalue weighted by Gasteiger charge is 2.27. The fraction of sp³-hybridized carbons (Fsp3) is 0.909. The number of rotatable bonds is 3. The highest BCUT2D eigenvalue weighted by molar-refractivity contribution is 5.68. The van der Waals surface area contributed by atoms with E-state index in [1.54, 1.807) is 0 Å². The van der Waals surface area contributed by atoms with Gasteiger partial charge in [0.05, 0.1) is 6.61 Å².